The summed E-state index contributed by atoms with van der Waals surface area (Å²) in [4.78, 5) is 16.2. The topological polar surface area (TPSA) is 76.1 Å². The second-order valence-electron chi connectivity index (χ2n) is 4.58. The van der Waals surface area contributed by atoms with Gasteiger partial charge in [-0.3, -0.25) is 4.79 Å². The molecule has 1 N–H and O–H groups in total. The summed E-state index contributed by atoms with van der Waals surface area (Å²) < 4.78 is 22.7. The zero-order valence-electron chi connectivity index (χ0n) is 11.4. The number of carbonyl (C=O) groups excluding carboxylic acids is 1. The Bertz CT molecular complexity index is 786. The Morgan fingerprint density at radius 2 is 1.86 bits per heavy atom. The number of halogens is 1. The minimum atomic E-state index is -3.27. The highest BCUT2D eigenvalue weighted by Crippen LogP contribution is 2.17. The van der Waals surface area contributed by atoms with Crippen molar-refractivity contribution < 1.29 is 13.2 Å². The quantitative estimate of drug-likeness (QED) is 0.881. The van der Waals surface area contributed by atoms with Crippen molar-refractivity contribution in [1.82, 2.24) is 4.98 Å². The number of aromatic nitrogens is 1. The summed E-state index contributed by atoms with van der Waals surface area (Å²) in [6.07, 6.45) is 2.57. The molecular weight excluding hydrogens is 312 g/mol. The lowest BCUT2D eigenvalue weighted by Gasteiger charge is -2.07. The predicted octanol–water partition coefficient (Wildman–Crippen LogP) is 2.70. The molecule has 5 nitrogen and oxygen atoms in total. The predicted molar refractivity (Wildman–Crippen MR) is 81.5 cm³/mol. The van der Waals surface area contributed by atoms with Crippen LogP contribution in [0.25, 0.3) is 0 Å². The monoisotopic (exact) mass is 324 g/mol. The molecule has 0 fully saturated rings. The number of anilines is 1. The van der Waals surface area contributed by atoms with Crippen LogP contribution in [0.15, 0.2) is 41.4 Å². The Kier molecular flexibility index (Phi) is 4.29. The van der Waals surface area contributed by atoms with Gasteiger partial charge in [0.05, 0.1) is 16.8 Å². The maximum atomic E-state index is 12.0. The van der Waals surface area contributed by atoms with Crippen LogP contribution in [0, 0.1) is 6.92 Å². The molecule has 7 heteroatoms. The molecule has 0 aliphatic carbocycles. The van der Waals surface area contributed by atoms with E-state index in [2.05, 4.69) is 10.3 Å². The normalized spacial score (nSPS) is 11.2. The number of hydrogen-bond acceptors (Lipinski definition) is 4. The fraction of sp³-hybridized carbons (Fsp3) is 0.143. The van der Waals surface area contributed by atoms with Gasteiger partial charge in [0, 0.05) is 11.8 Å². The van der Waals surface area contributed by atoms with E-state index in [0.717, 1.165) is 11.8 Å². The fourth-order valence-electron chi connectivity index (χ4n) is 1.68. The van der Waals surface area contributed by atoms with Crippen LogP contribution < -0.4 is 5.32 Å². The van der Waals surface area contributed by atoms with E-state index < -0.39 is 9.84 Å². The first-order valence-corrected chi connectivity index (χ1v) is 8.28. The average molecular weight is 325 g/mol. The van der Waals surface area contributed by atoms with Gasteiger partial charge >= 0.3 is 0 Å². The number of hydrogen-bond donors (Lipinski definition) is 1. The van der Waals surface area contributed by atoms with Gasteiger partial charge in [0.25, 0.3) is 5.91 Å². The molecule has 0 aliphatic heterocycles. The number of aryl methyl sites for hydroxylation is 1. The molecule has 0 spiro atoms. The minimum Gasteiger partial charge on any atom is -0.321 e. The molecule has 1 aromatic heterocycles. The van der Waals surface area contributed by atoms with E-state index >= 15 is 0 Å². The van der Waals surface area contributed by atoms with Gasteiger partial charge in [-0.1, -0.05) is 11.6 Å². The largest absolute Gasteiger partial charge is 0.321 e. The lowest BCUT2D eigenvalue weighted by Crippen LogP contribution is -2.12. The highest BCUT2D eigenvalue weighted by atomic mass is 35.5. The van der Waals surface area contributed by atoms with Crippen LogP contribution in [-0.2, 0) is 9.84 Å². The number of carbonyl (C=O) groups is 1. The van der Waals surface area contributed by atoms with Gasteiger partial charge in [-0.25, -0.2) is 13.4 Å². The summed E-state index contributed by atoms with van der Waals surface area (Å²) >= 11 is 5.81. The summed E-state index contributed by atoms with van der Waals surface area (Å²) in [7, 11) is -3.27. The third kappa shape index (κ3) is 3.80. The molecule has 0 saturated carbocycles. The Hall–Kier alpha value is -1.92. The van der Waals surface area contributed by atoms with Crippen molar-refractivity contribution in [2.75, 3.05) is 11.6 Å². The SMILES string of the molecule is Cc1cc(NC(=O)c2ccc(S(C)(=O)=O)cc2)cnc1Cl. The molecule has 0 atom stereocenters. The van der Waals surface area contributed by atoms with Crippen LogP contribution in [0.4, 0.5) is 5.69 Å². The molecule has 0 saturated heterocycles. The number of sulfone groups is 1. The van der Waals surface area contributed by atoms with E-state index in [9.17, 15) is 13.2 Å². The third-order valence-electron chi connectivity index (χ3n) is 2.82. The zero-order valence-corrected chi connectivity index (χ0v) is 13.0. The van der Waals surface area contributed by atoms with Crippen LogP contribution in [0.1, 0.15) is 15.9 Å². The molecule has 110 valence electrons. The first-order chi connectivity index (χ1) is 9.77. The summed E-state index contributed by atoms with van der Waals surface area (Å²) in [5.74, 6) is -0.349. The molecule has 1 heterocycles. The van der Waals surface area contributed by atoms with Gasteiger partial charge in [0.2, 0.25) is 0 Å². The number of nitrogens with zero attached hydrogens (tertiary/aromatic N) is 1. The lowest BCUT2D eigenvalue weighted by atomic mass is 10.2. The Morgan fingerprint density at radius 3 is 2.38 bits per heavy atom. The molecule has 2 aromatic rings. The van der Waals surface area contributed by atoms with Crippen molar-refractivity contribution in [2.45, 2.75) is 11.8 Å². The Balaban J connectivity index is 2.18. The highest BCUT2D eigenvalue weighted by Gasteiger charge is 2.10. The molecule has 0 bridgehead atoms. The van der Waals surface area contributed by atoms with Gasteiger partial charge in [-0.05, 0) is 42.8 Å². The van der Waals surface area contributed by atoms with Gasteiger partial charge in [0.15, 0.2) is 9.84 Å². The summed E-state index contributed by atoms with van der Waals surface area (Å²) in [5.41, 5.74) is 1.63. The van der Waals surface area contributed by atoms with Crippen molar-refractivity contribution >= 4 is 33.0 Å². The van der Waals surface area contributed by atoms with Crippen molar-refractivity contribution in [3.8, 4) is 0 Å². The molecule has 0 unspecified atom stereocenters. The second-order valence-corrected chi connectivity index (χ2v) is 6.96. The van der Waals surface area contributed by atoms with Gasteiger partial charge in [-0.15, -0.1) is 0 Å². The maximum absolute atomic E-state index is 12.0. The van der Waals surface area contributed by atoms with Crippen LogP contribution in [0.5, 0.6) is 0 Å². The molecule has 0 aliphatic rings. The fourth-order valence-corrected chi connectivity index (χ4v) is 2.42. The Morgan fingerprint density at radius 1 is 1.24 bits per heavy atom. The highest BCUT2D eigenvalue weighted by molar-refractivity contribution is 7.90. The summed E-state index contributed by atoms with van der Waals surface area (Å²) in [6, 6.07) is 7.42. The van der Waals surface area contributed by atoms with E-state index in [0.29, 0.717) is 16.4 Å². The number of nitrogens with one attached hydrogen (secondary N) is 1. The van der Waals surface area contributed by atoms with Gasteiger partial charge in [-0.2, -0.15) is 0 Å². The van der Waals surface area contributed by atoms with Crippen molar-refractivity contribution in [1.29, 1.82) is 0 Å². The van der Waals surface area contributed by atoms with Crippen LogP contribution in [0.3, 0.4) is 0 Å². The second kappa shape index (κ2) is 5.83. The lowest BCUT2D eigenvalue weighted by molar-refractivity contribution is 0.102. The van der Waals surface area contributed by atoms with Crippen molar-refractivity contribution in [2.24, 2.45) is 0 Å². The van der Waals surface area contributed by atoms with Crippen molar-refractivity contribution in [3.05, 3.63) is 52.8 Å². The average Bonchev–Trinajstić information content (AvgIpc) is 2.42. The number of pyridine rings is 1. The first-order valence-electron chi connectivity index (χ1n) is 6.01. The van der Waals surface area contributed by atoms with Crippen LogP contribution in [0.2, 0.25) is 5.15 Å². The smallest absolute Gasteiger partial charge is 0.255 e. The van der Waals surface area contributed by atoms with Gasteiger partial charge in [0.1, 0.15) is 5.15 Å². The van der Waals surface area contributed by atoms with E-state index in [-0.39, 0.29) is 10.8 Å². The Labute approximate surface area is 127 Å². The minimum absolute atomic E-state index is 0.169. The van der Waals surface area contributed by atoms with Crippen LogP contribution >= 0.6 is 11.6 Å². The molecule has 1 aromatic carbocycles. The summed E-state index contributed by atoms with van der Waals surface area (Å²) in [6.45, 7) is 1.78. The standard InChI is InChI=1S/C14H13ClN2O3S/c1-9-7-11(8-16-13(9)15)17-14(18)10-3-5-12(6-4-10)21(2,19)20/h3-8H,1-2H3,(H,17,18). The molecular formula is C14H13ClN2O3S. The van der Waals surface area contributed by atoms with Crippen molar-refractivity contribution in [3.63, 3.8) is 0 Å². The van der Waals surface area contributed by atoms with Gasteiger partial charge < -0.3 is 5.32 Å². The number of rotatable bonds is 3. The molecule has 21 heavy (non-hydrogen) atoms. The van der Waals surface area contributed by atoms with E-state index in [4.69, 9.17) is 11.6 Å². The van der Waals surface area contributed by atoms with E-state index in [1.54, 1.807) is 13.0 Å². The van der Waals surface area contributed by atoms with E-state index in [1.807, 2.05) is 0 Å². The molecule has 2 rings (SSSR count). The molecule has 1 amide bonds. The maximum Gasteiger partial charge on any atom is 0.255 e. The summed E-state index contributed by atoms with van der Waals surface area (Å²) in [5, 5.41) is 3.06. The van der Waals surface area contributed by atoms with E-state index in [1.165, 1.54) is 30.5 Å². The molecule has 0 radical (unpaired) electrons. The number of amides is 1. The first kappa shape index (κ1) is 15.5. The number of benzene rings is 1. The third-order valence-corrected chi connectivity index (χ3v) is 4.34. The van der Waals surface area contributed by atoms with Crippen LogP contribution in [-0.4, -0.2) is 25.6 Å². The zero-order chi connectivity index (χ0) is 15.6.